The second-order valence-corrected chi connectivity index (χ2v) is 3.57. The zero-order chi connectivity index (χ0) is 11.8. The molecule has 3 nitrogen and oxygen atoms in total. The minimum atomic E-state index is -0.205. The average molecular weight is 220 g/mol. The molecule has 0 spiro atoms. The van der Waals surface area contributed by atoms with Gasteiger partial charge in [-0.25, -0.2) is 0 Å². The van der Waals surface area contributed by atoms with Crippen LogP contribution in [0.1, 0.15) is 31.7 Å². The summed E-state index contributed by atoms with van der Waals surface area (Å²) in [5.74, 6) is 0.358. The van der Waals surface area contributed by atoms with Crippen LogP contribution in [0.25, 0.3) is 0 Å². The van der Waals surface area contributed by atoms with Crippen molar-refractivity contribution >= 4 is 12.3 Å². The van der Waals surface area contributed by atoms with Gasteiger partial charge in [0.15, 0.2) is 0 Å². The fourth-order valence-corrected chi connectivity index (χ4v) is 1.34. The predicted molar refractivity (Wildman–Crippen MR) is 61.4 cm³/mol. The first-order valence-corrected chi connectivity index (χ1v) is 5.49. The van der Waals surface area contributed by atoms with Crippen LogP contribution in [-0.2, 0) is 16.0 Å². The smallest absolute Gasteiger partial charge is 0.311 e. The number of ether oxygens (including phenoxy) is 1. The molecule has 0 aliphatic carbocycles. The fraction of sp³-hybridized carbons (Fsp3) is 0.385. The van der Waals surface area contributed by atoms with E-state index in [-0.39, 0.29) is 5.97 Å². The van der Waals surface area contributed by atoms with E-state index in [0.29, 0.717) is 18.6 Å². The van der Waals surface area contributed by atoms with E-state index in [9.17, 15) is 9.59 Å². The van der Waals surface area contributed by atoms with Gasteiger partial charge in [-0.3, -0.25) is 4.79 Å². The molecule has 0 aromatic heterocycles. The summed E-state index contributed by atoms with van der Waals surface area (Å²) in [4.78, 5) is 21.4. The molecular formula is C13H16O3. The molecule has 0 fully saturated rings. The lowest BCUT2D eigenvalue weighted by molar-refractivity contribution is -0.134. The highest BCUT2D eigenvalue weighted by Gasteiger charge is 2.02. The first-order valence-electron chi connectivity index (χ1n) is 5.49. The van der Waals surface area contributed by atoms with E-state index in [4.69, 9.17) is 4.74 Å². The van der Waals surface area contributed by atoms with E-state index in [2.05, 4.69) is 0 Å². The van der Waals surface area contributed by atoms with E-state index >= 15 is 0 Å². The monoisotopic (exact) mass is 220 g/mol. The Labute approximate surface area is 95.4 Å². The molecule has 16 heavy (non-hydrogen) atoms. The second-order valence-electron chi connectivity index (χ2n) is 3.57. The zero-order valence-electron chi connectivity index (χ0n) is 9.44. The molecule has 0 heterocycles. The van der Waals surface area contributed by atoms with Crippen molar-refractivity contribution in [3.8, 4) is 5.75 Å². The van der Waals surface area contributed by atoms with Crippen molar-refractivity contribution in [2.45, 2.75) is 32.6 Å². The van der Waals surface area contributed by atoms with Crippen LogP contribution in [-0.4, -0.2) is 12.3 Å². The van der Waals surface area contributed by atoms with Crippen molar-refractivity contribution in [1.29, 1.82) is 0 Å². The minimum Gasteiger partial charge on any atom is -0.427 e. The molecule has 0 saturated heterocycles. The molecule has 0 saturated carbocycles. The number of esters is 1. The maximum Gasteiger partial charge on any atom is 0.311 e. The molecule has 0 aliphatic rings. The molecule has 0 N–H and O–H groups in total. The van der Waals surface area contributed by atoms with Crippen molar-refractivity contribution in [2.24, 2.45) is 0 Å². The third kappa shape index (κ3) is 4.26. The Kier molecular flexibility index (Phi) is 5.26. The molecule has 3 heteroatoms. The Bertz CT molecular complexity index is 341. The van der Waals surface area contributed by atoms with Crippen molar-refractivity contribution < 1.29 is 14.3 Å². The fourth-order valence-electron chi connectivity index (χ4n) is 1.34. The summed E-state index contributed by atoms with van der Waals surface area (Å²) in [7, 11) is 0. The maximum atomic E-state index is 11.2. The SMILES string of the molecule is CCCC(=O)Oc1ccc(CCC=O)cc1. The molecule has 0 atom stereocenters. The molecule has 0 aliphatic heterocycles. The summed E-state index contributed by atoms with van der Waals surface area (Å²) < 4.78 is 5.11. The molecular weight excluding hydrogens is 204 g/mol. The summed E-state index contributed by atoms with van der Waals surface area (Å²) in [5, 5.41) is 0. The van der Waals surface area contributed by atoms with Gasteiger partial charge in [-0.1, -0.05) is 19.1 Å². The number of benzene rings is 1. The topological polar surface area (TPSA) is 43.4 Å². The molecule has 0 amide bonds. The largest absolute Gasteiger partial charge is 0.427 e. The number of rotatable bonds is 6. The van der Waals surface area contributed by atoms with Gasteiger partial charge in [-0.15, -0.1) is 0 Å². The minimum absolute atomic E-state index is 0.205. The van der Waals surface area contributed by atoms with Gasteiger partial charge in [0.2, 0.25) is 0 Å². The van der Waals surface area contributed by atoms with Crippen LogP contribution in [0.5, 0.6) is 5.75 Å². The van der Waals surface area contributed by atoms with Crippen LogP contribution in [0, 0.1) is 0 Å². The molecule has 0 radical (unpaired) electrons. The lowest BCUT2D eigenvalue weighted by Crippen LogP contribution is -2.06. The second kappa shape index (κ2) is 6.77. The average Bonchev–Trinajstić information content (AvgIpc) is 2.28. The Morgan fingerprint density at radius 3 is 2.56 bits per heavy atom. The summed E-state index contributed by atoms with van der Waals surface area (Å²) >= 11 is 0. The highest BCUT2D eigenvalue weighted by Crippen LogP contribution is 2.14. The number of carbonyl (C=O) groups excluding carboxylic acids is 2. The number of hydrogen-bond donors (Lipinski definition) is 0. The van der Waals surface area contributed by atoms with E-state index in [0.717, 1.165) is 24.7 Å². The summed E-state index contributed by atoms with van der Waals surface area (Å²) in [6.07, 6.45) is 3.37. The van der Waals surface area contributed by atoms with Crippen LogP contribution in [0.15, 0.2) is 24.3 Å². The van der Waals surface area contributed by atoms with Crippen molar-refractivity contribution in [3.05, 3.63) is 29.8 Å². The van der Waals surface area contributed by atoms with Gasteiger partial charge < -0.3 is 9.53 Å². The number of aryl methyl sites for hydroxylation is 1. The normalized spacial score (nSPS) is 9.81. The number of aldehydes is 1. The van der Waals surface area contributed by atoms with Crippen LogP contribution < -0.4 is 4.74 Å². The Morgan fingerprint density at radius 2 is 2.00 bits per heavy atom. The van der Waals surface area contributed by atoms with Crippen LogP contribution in [0.4, 0.5) is 0 Å². The molecule has 0 bridgehead atoms. The van der Waals surface area contributed by atoms with E-state index < -0.39 is 0 Å². The Morgan fingerprint density at radius 1 is 1.31 bits per heavy atom. The molecule has 0 unspecified atom stereocenters. The molecule has 1 aromatic rings. The van der Waals surface area contributed by atoms with Crippen LogP contribution in [0.2, 0.25) is 0 Å². The third-order valence-corrected chi connectivity index (χ3v) is 2.16. The van der Waals surface area contributed by atoms with Gasteiger partial charge in [-0.2, -0.15) is 0 Å². The number of hydrogen-bond acceptors (Lipinski definition) is 3. The van der Waals surface area contributed by atoms with Gasteiger partial charge in [0.25, 0.3) is 0 Å². The highest BCUT2D eigenvalue weighted by atomic mass is 16.5. The van der Waals surface area contributed by atoms with Gasteiger partial charge in [-0.05, 0) is 30.5 Å². The molecule has 1 rings (SSSR count). The lowest BCUT2D eigenvalue weighted by Gasteiger charge is -2.04. The van der Waals surface area contributed by atoms with Gasteiger partial charge in [0.1, 0.15) is 12.0 Å². The van der Waals surface area contributed by atoms with Crippen molar-refractivity contribution in [3.63, 3.8) is 0 Å². The summed E-state index contributed by atoms with van der Waals surface area (Å²) in [6, 6.07) is 7.26. The Hall–Kier alpha value is -1.64. The van der Waals surface area contributed by atoms with Gasteiger partial charge in [0.05, 0.1) is 0 Å². The van der Waals surface area contributed by atoms with Gasteiger partial charge >= 0.3 is 5.97 Å². The van der Waals surface area contributed by atoms with E-state index in [1.165, 1.54) is 0 Å². The standard InChI is InChI=1S/C13H16O3/c1-2-4-13(15)16-12-8-6-11(7-9-12)5-3-10-14/h6-10H,2-5H2,1H3. The van der Waals surface area contributed by atoms with Crippen LogP contribution >= 0.6 is 0 Å². The molecule has 86 valence electrons. The zero-order valence-corrected chi connectivity index (χ0v) is 9.44. The highest BCUT2D eigenvalue weighted by molar-refractivity contribution is 5.72. The van der Waals surface area contributed by atoms with E-state index in [1.54, 1.807) is 12.1 Å². The first kappa shape index (κ1) is 12.4. The number of carbonyl (C=O) groups is 2. The van der Waals surface area contributed by atoms with Crippen molar-refractivity contribution in [1.82, 2.24) is 0 Å². The quantitative estimate of drug-likeness (QED) is 0.420. The lowest BCUT2D eigenvalue weighted by atomic mass is 10.1. The van der Waals surface area contributed by atoms with Crippen LogP contribution in [0.3, 0.4) is 0 Å². The van der Waals surface area contributed by atoms with Gasteiger partial charge in [0, 0.05) is 12.8 Å². The molecule has 1 aromatic carbocycles. The third-order valence-electron chi connectivity index (χ3n) is 2.16. The summed E-state index contributed by atoms with van der Waals surface area (Å²) in [5.41, 5.74) is 1.07. The van der Waals surface area contributed by atoms with E-state index in [1.807, 2.05) is 19.1 Å². The van der Waals surface area contributed by atoms with Crippen molar-refractivity contribution in [2.75, 3.05) is 0 Å². The summed E-state index contributed by atoms with van der Waals surface area (Å²) in [6.45, 7) is 1.93. The Balaban J connectivity index is 2.50. The maximum absolute atomic E-state index is 11.2. The predicted octanol–water partition coefficient (Wildman–Crippen LogP) is 2.52. The first-order chi connectivity index (χ1) is 7.76.